The number of carbonyl (C=O) groups is 1. The van der Waals surface area contributed by atoms with E-state index in [4.69, 9.17) is 0 Å². The van der Waals surface area contributed by atoms with Crippen LogP contribution < -0.4 is 10.6 Å². The number of aromatic nitrogens is 3. The molecule has 7 heteroatoms. The number of nitrogens with one attached hydrogen (secondary N) is 2. The zero-order valence-corrected chi connectivity index (χ0v) is 21.0. The summed E-state index contributed by atoms with van der Waals surface area (Å²) < 4.78 is 0. The first-order chi connectivity index (χ1) is 17.4. The smallest absolute Gasteiger partial charge is 0.256 e. The zero-order chi connectivity index (χ0) is 25.1. The summed E-state index contributed by atoms with van der Waals surface area (Å²) in [4.78, 5) is 28.9. The molecule has 0 unspecified atom stereocenters. The molecule has 184 valence electrons. The van der Waals surface area contributed by atoms with Crippen molar-refractivity contribution in [1.29, 1.82) is 0 Å². The van der Waals surface area contributed by atoms with E-state index in [-0.39, 0.29) is 11.9 Å². The minimum atomic E-state index is -0.147. The number of hydrogen-bond acceptors (Lipinski definition) is 6. The molecule has 0 atom stereocenters. The standard InChI is InChI=1S/C29H32N6O/c1-19(2)32-28-18-30-17-26(33-28)22-7-8-24-16-31-27(15-25(24)14-22)34-29(36)23-6-4-5-21(13-23)20-9-11-35(3)12-10-20/h4-8,13-20H,9-12H2,1-3H3,(H,32,33)(H,31,34,36). The van der Waals surface area contributed by atoms with Gasteiger partial charge in [-0.15, -0.1) is 0 Å². The number of amides is 1. The zero-order valence-electron chi connectivity index (χ0n) is 21.0. The van der Waals surface area contributed by atoms with Crippen LogP contribution >= 0.6 is 0 Å². The van der Waals surface area contributed by atoms with Gasteiger partial charge in [0, 0.05) is 28.8 Å². The molecule has 0 spiro atoms. The van der Waals surface area contributed by atoms with Crippen molar-refractivity contribution in [2.24, 2.45) is 0 Å². The van der Waals surface area contributed by atoms with E-state index in [0.29, 0.717) is 17.3 Å². The van der Waals surface area contributed by atoms with E-state index in [0.717, 1.165) is 53.8 Å². The van der Waals surface area contributed by atoms with Gasteiger partial charge in [0.2, 0.25) is 0 Å². The highest BCUT2D eigenvalue weighted by Crippen LogP contribution is 2.29. The molecule has 3 heterocycles. The molecule has 7 nitrogen and oxygen atoms in total. The molecule has 1 aliphatic heterocycles. The summed E-state index contributed by atoms with van der Waals surface area (Å²) in [6.45, 7) is 6.32. The summed E-state index contributed by atoms with van der Waals surface area (Å²) in [7, 11) is 2.16. The quantitative estimate of drug-likeness (QED) is 0.375. The first-order valence-electron chi connectivity index (χ1n) is 12.5. The van der Waals surface area contributed by atoms with E-state index in [9.17, 15) is 4.79 Å². The molecule has 0 radical (unpaired) electrons. The second kappa shape index (κ2) is 10.4. The third-order valence-electron chi connectivity index (χ3n) is 6.67. The Labute approximate surface area is 212 Å². The molecule has 0 bridgehead atoms. The summed E-state index contributed by atoms with van der Waals surface area (Å²) in [5.41, 5.74) is 3.64. The van der Waals surface area contributed by atoms with E-state index >= 15 is 0 Å². The fourth-order valence-electron chi connectivity index (χ4n) is 4.70. The lowest BCUT2D eigenvalue weighted by molar-refractivity contribution is 0.102. The molecule has 1 aliphatic rings. The summed E-state index contributed by atoms with van der Waals surface area (Å²) in [5, 5.41) is 8.24. The van der Waals surface area contributed by atoms with Crippen LogP contribution in [0.25, 0.3) is 22.0 Å². The first-order valence-corrected chi connectivity index (χ1v) is 12.5. The fraction of sp³-hybridized carbons (Fsp3) is 0.310. The van der Waals surface area contributed by atoms with Crippen molar-refractivity contribution < 1.29 is 4.79 Å². The van der Waals surface area contributed by atoms with Gasteiger partial charge in [0.05, 0.1) is 18.1 Å². The van der Waals surface area contributed by atoms with E-state index in [1.807, 2.05) is 36.4 Å². The van der Waals surface area contributed by atoms with Crippen LogP contribution in [0.15, 0.2) is 67.1 Å². The van der Waals surface area contributed by atoms with Crippen molar-refractivity contribution >= 4 is 28.3 Å². The fourth-order valence-corrected chi connectivity index (χ4v) is 4.70. The third kappa shape index (κ3) is 5.52. The van der Waals surface area contributed by atoms with Crippen molar-refractivity contribution in [3.63, 3.8) is 0 Å². The molecular weight excluding hydrogens is 448 g/mol. The number of benzene rings is 2. The van der Waals surface area contributed by atoms with Gasteiger partial charge in [0.15, 0.2) is 0 Å². The van der Waals surface area contributed by atoms with Crippen molar-refractivity contribution in [1.82, 2.24) is 19.9 Å². The van der Waals surface area contributed by atoms with Gasteiger partial charge in [-0.3, -0.25) is 9.78 Å². The summed E-state index contributed by atoms with van der Waals surface area (Å²) in [6.07, 6.45) is 7.51. The summed E-state index contributed by atoms with van der Waals surface area (Å²) in [5.74, 6) is 1.62. The van der Waals surface area contributed by atoms with Crippen LogP contribution in [0.3, 0.4) is 0 Å². The van der Waals surface area contributed by atoms with E-state index in [2.05, 4.69) is 63.5 Å². The molecule has 2 N–H and O–H groups in total. The number of anilines is 2. The van der Waals surface area contributed by atoms with E-state index < -0.39 is 0 Å². The van der Waals surface area contributed by atoms with Crippen molar-refractivity contribution in [2.45, 2.75) is 38.6 Å². The highest BCUT2D eigenvalue weighted by Gasteiger charge is 2.19. The highest BCUT2D eigenvalue weighted by molar-refractivity contribution is 6.04. The lowest BCUT2D eigenvalue weighted by Crippen LogP contribution is -2.29. The van der Waals surface area contributed by atoms with E-state index in [1.165, 1.54) is 5.56 Å². The van der Waals surface area contributed by atoms with Crippen molar-refractivity contribution in [3.8, 4) is 11.3 Å². The predicted molar refractivity (Wildman–Crippen MR) is 145 cm³/mol. The molecule has 2 aromatic carbocycles. The average molecular weight is 481 g/mol. The molecule has 1 fully saturated rings. The average Bonchev–Trinajstić information content (AvgIpc) is 2.88. The monoisotopic (exact) mass is 480 g/mol. The molecule has 0 saturated carbocycles. The van der Waals surface area contributed by atoms with E-state index in [1.54, 1.807) is 18.6 Å². The Bertz CT molecular complexity index is 1380. The number of hydrogen-bond donors (Lipinski definition) is 2. The second-order valence-corrected chi connectivity index (χ2v) is 9.88. The van der Waals surface area contributed by atoms with Crippen LogP contribution in [-0.2, 0) is 0 Å². The Morgan fingerprint density at radius 3 is 2.61 bits per heavy atom. The molecule has 1 saturated heterocycles. The van der Waals surface area contributed by atoms with Gasteiger partial charge in [-0.2, -0.15) is 0 Å². The minimum absolute atomic E-state index is 0.147. The number of piperidine rings is 1. The number of rotatable bonds is 6. The van der Waals surface area contributed by atoms with Gasteiger partial charge < -0.3 is 15.5 Å². The maximum atomic E-state index is 13.1. The largest absolute Gasteiger partial charge is 0.367 e. The highest BCUT2D eigenvalue weighted by atomic mass is 16.1. The Morgan fingerprint density at radius 2 is 1.81 bits per heavy atom. The molecule has 2 aromatic heterocycles. The number of carbonyl (C=O) groups excluding carboxylic acids is 1. The molecule has 36 heavy (non-hydrogen) atoms. The third-order valence-corrected chi connectivity index (χ3v) is 6.67. The lowest BCUT2D eigenvalue weighted by atomic mass is 9.89. The van der Waals surface area contributed by atoms with Crippen LogP contribution in [0.1, 0.15) is 48.5 Å². The van der Waals surface area contributed by atoms with Crippen LogP contribution in [-0.4, -0.2) is 51.9 Å². The maximum absolute atomic E-state index is 13.1. The first kappa shape index (κ1) is 23.9. The number of nitrogens with zero attached hydrogens (tertiary/aromatic N) is 4. The van der Waals surface area contributed by atoms with Crippen LogP contribution in [0, 0.1) is 0 Å². The summed E-state index contributed by atoms with van der Waals surface area (Å²) in [6, 6.07) is 16.3. The molecular formula is C29H32N6O. The van der Waals surface area contributed by atoms with Crippen molar-refractivity contribution in [2.75, 3.05) is 30.8 Å². The van der Waals surface area contributed by atoms with Crippen LogP contribution in [0.2, 0.25) is 0 Å². The molecule has 5 rings (SSSR count). The molecule has 1 amide bonds. The van der Waals surface area contributed by atoms with Crippen LogP contribution in [0.4, 0.5) is 11.6 Å². The van der Waals surface area contributed by atoms with Gasteiger partial charge in [-0.05, 0) is 88.0 Å². The summed E-state index contributed by atoms with van der Waals surface area (Å²) >= 11 is 0. The molecule has 0 aliphatic carbocycles. The van der Waals surface area contributed by atoms with Gasteiger partial charge >= 0.3 is 0 Å². The lowest BCUT2D eigenvalue weighted by Gasteiger charge is -2.29. The Balaban J connectivity index is 1.35. The Kier molecular flexibility index (Phi) is 6.91. The minimum Gasteiger partial charge on any atom is -0.367 e. The number of fused-ring (bicyclic) bond motifs is 1. The number of likely N-dealkylation sites (tertiary alicyclic amines) is 1. The van der Waals surface area contributed by atoms with Gasteiger partial charge in [-0.1, -0.05) is 24.3 Å². The predicted octanol–water partition coefficient (Wildman–Crippen LogP) is 5.57. The van der Waals surface area contributed by atoms with Crippen molar-refractivity contribution in [3.05, 3.63) is 78.2 Å². The second-order valence-electron chi connectivity index (χ2n) is 9.88. The SMILES string of the molecule is CC(C)Nc1cncc(-c2ccc3cnc(NC(=O)c4cccc(C5CCN(C)CC5)c4)cc3c2)n1. The normalized spacial score (nSPS) is 14.8. The Morgan fingerprint density at radius 1 is 0.972 bits per heavy atom. The van der Waals surface area contributed by atoms with Gasteiger partial charge in [0.1, 0.15) is 11.6 Å². The van der Waals surface area contributed by atoms with Gasteiger partial charge in [-0.25, -0.2) is 9.97 Å². The Hall–Kier alpha value is -3.84. The maximum Gasteiger partial charge on any atom is 0.256 e. The van der Waals surface area contributed by atoms with Gasteiger partial charge in [0.25, 0.3) is 5.91 Å². The van der Waals surface area contributed by atoms with Crippen LogP contribution in [0.5, 0.6) is 0 Å². The topological polar surface area (TPSA) is 83.0 Å². The number of pyridine rings is 1. The molecule has 4 aromatic rings.